The summed E-state index contributed by atoms with van der Waals surface area (Å²) in [5.41, 5.74) is 0.493. The largest absolute Gasteiger partial charge is 0.319 e. The third-order valence-electron chi connectivity index (χ3n) is 1.81. The minimum Gasteiger partial charge on any atom is -0.319 e. The van der Waals surface area contributed by atoms with E-state index in [9.17, 15) is 8.42 Å². The Bertz CT molecular complexity index is 465. The third-order valence-corrected chi connectivity index (χ3v) is 4.32. The Labute approximate surface area is 109 Å². The van der Waals surface area contributed by atoms with Gasteiger partial charge in [-0.1, -0.05) is 11.6 Å². The normalized spacial score (nSPS) is 11.4. The Balaban J connectivity index is 2.76. The van der Waals surface area contributed by atoms with Gasteiger partial charge in [-0.05, 0) is 41.2 Å². The summed E-state index contributed by atoms with van der Waals surface area (Å²) in [6, 6.07) is 4.87. The van der Waals surface area contributed by atoms with Crippen molar-refractivity contribution in [2.24, 2.45) is 0 Å². The number of sulfonamides is 1. The molecule has 0 bridgehead atoms. The topological polar surface area (TPSA) is 58.2 Å². The van der Waals surface area contributed by atoms with E-state index in [2.05, 4.69) is 26.0 Å². The Kier molecular flexibility index (Phi) is 5.04. The average molecular weight is 328 g/mol. The number of hydrogen-bond donors (Lipinski definition) is 2. The van der Waals surface area contributed by atoms with Crippen molar-refractivity contribution in [2.45, 2.75) is 0 Å². The summed E-state index contributed by atoms with van der Waals surface area (Å²) < 4.78 is 26.2. The van der Waals surface area contributed by atoms with Gasteiger partial charge in [-0.15, -0.1) is 0 Å². The highest BCUT2D eigenvalue weighted by Gasteiger charge is 2.10. The van der Waals surface area contributed by atoms with Gasteiger partial charge in [0.05, 0.1) is 10.8 Å². The molecule has 4 nitrogen and oxygen atoms in total. The molecule has 0 amide bonds. The number of nitrogens with one attached hydrogen (secondary N) is 2. The van der Waals surface area contributed by atoms with Gasteiger partial charge in [0.25, 0.3) is 0 Å². The first-order chi connectivity index (χ1) is 7.44. The highest BCUT2D eigenvalue weighted by molar-refractivity contribution is 9.10. The van der Waals surface area contributed by atoms with Gasteiger partial charge in [0.2, 0.25) is 10.0 Å². The van der Waals surface area contributed by atoms with Gasteiger partial charge >= 0.3 is 0 Å². The molecule has 0 aliphatic heterocycles. The van der Waals surface area contributed by atoms with Gasteiger partial charge in [-0.25, -0.2) is 8.42 Å². The Morgan fingerprint density at radius 2 is 2.12 bits per heavy atom. The van der Waals surface area contributed by atoms with Crippen molar-refractivity contribution in [3.05, 3.63) is 27.7 Å². The molecular weight excluding hydrogens is 316 g/mol. The molecule has 0 aliphatic carbocycles. The molecule has 1 aromatic rings. The first-order valence-corrected chi connectivity index (χ1v) is 7.37. The van der Waals surface area contributed by atoms with Crippen LogP contribution >= 0.6 is 27.5 Å². The van der Waals surface area contributed by atoms with E-state index in [1.807, 2.05) is 0 Å². The molecule has 0 saturated carbocycles. The molecule has 16 heavy (non-hydrogen) atoms. The fourth-order valence-electron chi connectivity index (χ4n) is 1.03. The lowest BCUT2D eigenvalue weighted by Crippen LogP contribution is -2.24. The summed E-state index contributed by atoms with van der Waals surface area (Å²) in [6.07, 6.45) is 0. The Morgan fingerprint density at radius 3 is 2.69 bits per heavy atom. The molecule has 90 valence electrons. The number of benzene rings is 1. The minimum absolute atomic E-state index is 0.0315. The van der Waals surface area contributed by atoms with Crippen LogP contribution < -0.4 is 10.0 Å². The van der Waals surface area contributed by atoms with Crippen molar-refractivity contribution in [2.75, 3.05) is 24.1 Å². The molecule has 7 heteroatoms. The predicted octanol–water partition coefficient (Wildman–Crippen LogP) is 2.06. The first kappa shape index (κ1) is 13.8. The lowest BCUT2D eigenvalue weighted by molar-refractivity contribution is 0.599. The summed E-state index contributed by atoms with van der Waals surface area (Å²) in [4.78, 5) is 0. The highest BCUT2D eigenvalue weighted by Crippen LogP contribution is 2.25. The fourth-order valence-corrected chi connectivity index (χ4v) is 2.58. The molecule has 0 aliphatic rings. The molecular formula is C9H12BrClN2O2S. The predicted molar refractivity (Wildman–Crippen MR) is 70.5 cm³/mol. The van der Waals surface area contributed by atoms with Crippen molar-refractivity contribution < 1.29 is 8.42 Å². The summed E-state index contributed by atoms with van der Waals surface area (Å²) >= 11 is 9.03. The van der Waals surface area contributed by atoms with Crippen LogP contribution in [0.4, 0.5) is 5.69 Å². The van der Waals surface area contributed by atoms with Gasteiger partial charge in [-0.2, -0.15) is 0 Å². The smallest absolute Gasteiger partial charge is 0.233 e. The van der Waals surface area contributed by atoms with E-state index in [1.54, 1.807) is 25.2 Å². The Morgan fingerprint density at radius 1 is 1.44 bits per heavy atom. The van der Waals surface area contributed by atoms with Crippen LogP contribution in [-0.4, -0.2) is 27.8 Å². The van der Waals surface area contributed by atoms with Gasteiger partial charge in [-0.3, -0.25) is 4.72 Å². The van der Waals surface area contributed by atoms with E-state index in [0.29, 0.717) is 21.7 Å². The van der Waals surface area contributed by atoms with E-state index in [-0.39, 0.29) is 5.75 Å². The van der Waals surface area contributed by atoms with Crippen molar-refractivity contribution >= 4 is 43.2 Å². The molecule has 0 heterocycles. The van der Waals surface area contributed by atoms with Crippen LogP contribution in [-0.2, 0) is 10.0 Å². The molecule has 1 rings (SSSR count). The SMILES string of the molecule is CNCCS(=O)(=O)Nc1ccc(Cl)c(Br)c1. The lowest BCUT2D eigenvalue weighted by atomic mass is 10.3. The maximum Gasteiger partial charge on any atom is 0.233 e. The van der Waals surface area contributed by atoms with E-state index in [1.165, 1.54) is 0 Å². The van der Waals surface area contributed by atoms with Crippen LogP contribution in [0.1, 0.15) is 0 Å². The molecule has 0 fully saturated rings. The van der Waals surface area contributed by atoms with E-state index in [4.69, 9.17) is 11.6 Å². The highest BCUT2D eigenvalue weighted by atomic mass is 79.9. The molecule has 0 saturated heterocycles. The van der Waals surface area contributed by atoms with Gasteiger partial charge in [0.1, 0.15) is 0 Å². The Hall–Kier alpha value is -0.300. The van der Waals surface area contributed by atoms with Crippen LogP contribution in [0, 0.1) is 0 Å². The molecule has 0 unspecified atom stereocenters. The molecule has 0 aromatic heterocycles. The number of halogens is 2. The van der Waals surface area contributed by atoms with Crippen molar-refractivity contribution in [3.8, 4) is 0 Å². The summed E-state index contributed by atoms with van der Waals surface area (Å²) in [5.74, 6) is 0.0315. The quantitative estimate of drug-likeness (QED) is 0.870. The summed E-state index contributed by atoms with van der Waals surface area (Å²) in [5, 5.41) is 3.32. The summed E-state index contributed by atoms with van der Waals surface area (Å²) in [7, 11) is -1.60. The van der Waals surface area contributed by atoms with E-state index >= 15 is 0 Å². The number of anilines is 1. The van der Waals surface area contributed by atoms with E-state index < -0.39 is 10.0 Å². The van der Waals surface area contributed by atoms with Gasteiger partial charge in [0.15, 0.2) is 0 Å². The maximum absolute atomic E-state index is 11.6. The molecule has 0 spiro atoms. The van der Waals surface area contributed by atoms with Crippen LogP contribution in [0.5, 0.6) is 0 Å². The molecule has 2 N–H and O–H groups in total. The maximum atomic E-state index is 11.6. The van der Waals surface area contributed by atoms with Gasteiger partial charge in [0, 0.05) is 16.7 Å². The zero-order valence-electron chi connectivity index (χ0n) is 8.63. The van der Waals surface area contributed by atoms with Crippen LogP contribution in [0.2, 0.25) is 5.02 Å². The van der Waals surface area contributed by atoms with E-state index in [0.717, 1.165) is 0 Å². The standard InChI is InChI=1S/C9H12BrClN2O2S/c1-12-4-5-16(14,15)13-7-2-3-9(11)8(10)6-7/h2-3,6,12-13H,4-5H2,1H3. The zero-order valence-corrected chi connectivity index (χ0v) is 11.8. The number of rotatable bonds is 5. The second-order valence-corrected chi connectivity index (χ2v) is 6.26. The molecule has 0 radical (unpaired) electrons. The minimum atomic E-state index is -3.30. The van der Waals surface area contributed by atoms with Crippen LogP contribution in [0.15, 0.2) is 22.7 Å². The lowest BCUT2D eigenvalue weighted by Gasteiger charge is -2.08. The first-order valence-electron chi connectivity index (χ1n) is 4.55. The fraction of sp³-hybridized carbons (Fsp3) is 0.333. The second-order valence-electron chi connectivity index (χ2n) is 3.15. The van der Waals surface area contributed by atoms with Crippen LogP contribution in [0.3, 0.4) is 0 Å². The average Bonchev–Trinajstić information content (AvgIpc) is 2.20. The number of hydrogen-bond acceptors (Lipinski definition) is 3. The van der Waals surface area contributed by atoms with Crippen molar-refractivity contribution in [3.63, 3.8) is 0 Å². The van der Waals surface area contributed by atoms with Crippen molar-refractivity contribution in [1.82, 2.24) is 5.32 Å². The summed E-state index contributed by atoms with van der Waals surface area (Å²) in [6.45, 7) is 0.407. The molecule has 1 aromatic carbocycles. The van der Waals surface area contributed by atoms with Crippen molar-refractivity contribution in [1.29, 1.82) is 0 Å². The molecule has 0 atom stereocenters. The zero-order chi connectivity index (χ0) is 12.2. The third kappa shape index (κ3) is 4.29. The van der Waals surface area contributed by atoms with Crippen LogP contribution in [0.25, 0.3) is 0 Å². The second kappa shape index (κ2) is 5.86. The monoisotopic (exact) mass is 326 g/mol. The van der Waals surface area contributed by atoms with Gasteiger partial charge < -0.3 is 5.32 Å².